The molecule has 0 spiro atoms. The Hall–Kier alpha value is -2.89. The molecule has 0 aliphatic rings. The number of benzene rings is 1. The summed E-state index contributed by atoms with van der Waals surface area (Å²) in [6, 6.07) is 5.77. The third-order valence-electron chi connectivity index (χ3n) is 3.21. The quantitative estimate of drug-likeness (QED) is 0.798. The molecule has 6 nitrogen and oxygen atoms in total. The molecule has 1 N–H and O–H groups in total. The van der Waals surface area contributed by atoms with E-state index in [9.17, 15) is 4.79 Å². The summed E-state index contributed by atoms with van der Waals surface area (Å²) in [7, 11) is 1.59. The first-order valence-electron chi connectivity index (χ1n) is 6.32. The number of carboxylic acid groups (broad SMARTS) is 1. The Labute approximate surface area is 120 Å². The molecule has 0 radical (unpaired) electrons. The third-order valence-corrected chi connectivity index (χ3v) is 3.21. The Bertz CT molecular complexity index is 839. The number of ether oxygens (including phenoxy) is 1. The average Bonchev–Trinajstić information content (AvgIpc) is 2.90. The van der Waals surface area contributed by atoms with E-state index in [1.165, 1.54) is 6.20 Å². The van der Waals surface area contributed by atoms with Crippen LogP contribution in [-0.2, 0) is 0 Å². The van der Waals surface area contributed by atoms with Crippen LogP contribution in [0.2, 0.25) is 0 Å². The number of rotatable bonds is 3. The summed E-state index contributed by atoms with van der Waals surface area (Å²) in [6.45, 7) is 1.98. The van der Waals surface area contributed by atoms with Gasteiger partial charge in [0.25, 0.3) is 0 Å². The molecule has 6 heteroatoms. The van der Waals surface area contributed by atoms with Gasteiger partial charge in [0.15, 0.2) is 11.3 Å². The van der Waals surface area contributed by atoms with E-state index in [0.29, 0.717) is 17.1 Å². The number of methoxy groups -OCH3 is 1. The number of carboxylic acids is 1. The van der Waals surface area contributed by atoms with Gasteiger partial charge >= 0.3 is 5.97 Å². The van der Waals surface area contributed by atoms with Gasteiger partial charge in [-0.05, 0) is 19.1 Å². The van der Waals surface area contributed by atoms with Crippen LogP contribution in [0.5, 0.6) is 5.75 Å². The van der Waals surface area contributed by atoms with Crippen molar-refractivity contribution in [2.45, 2.75) is 6.92 Å². The monoisotopic (exact) mass is 283 g/mol. The molecule has 0 aliphatic heterocycles. The summed E-state index contributed by atoms with van der Waals surface area (Å²) in [5, 5.41) is 9.17. The molecule has 0 saturated carbocycles. The number of aromatic nitrogens is 3. The fraction of sp³-hybridized carbons (Fsp3) is 0.133. The van der Waals surface area contributed by atoms with Crippen LogP contribution < -0.4 is 4.74 Å². The summed E-state index contributed by atoms with van der Waals surface area (Å²) in [6.07, 6.45) is 4.87. The number of hydrogen-bond donors (Lipinski definition) is 1. The van der Waals surface area contributed by atoms with Crippen LogP contribution in [0.4, 0.5) is 0 Å². The Morgan fingerprint density at radius 2 is 2.19 bits per heavy atom. The number of fused-ring (bicyclic) bond motifs is 1. The average molecular weight is 283 g/mol. The van der Waals surface area contributed by atoms with E-state index in [1.807, 2.05) is 25.1 Å². The van der Waals surface area contributed by atoms with Crippen molar-refractivity contribution in [1.29, 1.82) is 0 Å². The maximum Gasteiger partial charge on any atom is 0.358 e. The molecule has 0 atom stereocenters. The summed E-state index contributed by atoms with van der Waals surface area (Å²) >= 11 is 0. The summed E-state index contributed by atoms with van der Waals surface area (Å²) in [4.78, 5) is 19.5. The first-order valence-corrected chi connectivity index (χ1v) is 6.32. The minimum absolute atomic E-state index is 0.0737. The van der Waals surface area contributed by atoms with Gasteiger partial charge in [-0.2, -0.15) is 0 Å². The zero-order chi connectivity index (χ0) is 15.0. The standard InChI is InChI=1S/C15H13N3O3/c1-9-3-4-12(21-2)10(7-9)11-8-18-6-5-16-13(15(19)20)14(18)17-11/h3-8H,1-2H3,(H,19,20). The molecule has 0 aliphatic carbocycles. The highest BCUT2D eigenvalue weighted by molar-refractivity contribution is 5.92. The normalized spacial score (nSPS) is 10.8. The molecule has 0 fully saturated rings. The van der Waals surface area contributed by atoms with Gasteiger partial charge in [0.05, 0.1) is 12.8 Å². The van der Waals surface area contributed by atoms with E-state index in [1.54, 1.807) is 23.9 Å². The number of aromatic carboxylic acids is 1. The highest BCUT2D eigenvalue weighted by atomic mass is 16.5. The molecule has 3 aromatic rings. The minimum Gasteiger partial charge on any atom is -0.496 e. The van der Waals surface area contributed by atoms with E-state index in [-0.39, 0.29) is 5.69 Å². The number of carbonyl (C=O) groups is 1. The van der Waals surface area contributed by atoms with Crippen LogP contribution in [-0.4, -0.2) is 32.6 Å². The van der Waals surface area contributed by atoms with Crippen LogP contribution in [0, 0.1) is 6.92 Å². The van der Waals surface area contributed by atoms with Gasteiger partial charge in [-0.15, -0.1) is 0 Å². The van der Waals surface area contributed by atoms with Crippen molar-refractivity contribution >= 4 is 11.6 Å². The van der Waals surface area contributed by atoms with Crippen LogP contribution in [0.1, 0.15) is 16.1 Å². The van der Waals surface area contributed by atoms with Crippen LogP contribution >= 0.6 is 0 Å². The first kappa shape index (κ1) is 13.1. The van der Waals surface area contributed by atoms with Crippen molar-refractivity contribution < 1.29 is 14.6 Å². The molecule has 0 amide bonds. The summed E-state index contributed by atoms with van der Waals surface area (Å²) in [5.74, 6) is -0.414. The second-order valence-electron chi connectivity index (χ2n) is 4.64. The highest BCUT2D eigenvalue weighted by Crippen LogP contribution is 2.30. The Kier molecular flexibility index (Phi) is 3.06. The van der Waals surface area contributed by atoms with E-state index in [0.717, 1.165) is 11.1 Å². The van der Waals surface area contributed by atoms with Crippen molar-refractivity contribution in [3.05, 3.63) is 48.0 Å². The maximum atomic E-state index is 11.2. The fourth-order valence-corrected chi connectivity index (χ4v) is 2.22. The molecule has 21 heavy (non-hydrogen) atoms. The molecule has 2 aromatic heterocycles. The molecular weight excluding hydrogens is 270 g/mol. The lowest BCUT2D eigenvalue weighted by Crippen LogP contribution is -2.03. The topological polar surface area (TPSA) is 76.7 Å². The molecule has 2 heterocycles. The predicted molar refractivity (Wildman–Crippen MR) is 76.7 cm³/mol. The Morgan fingerprint density at radius 3 is 2.90 bits per heavy atom. The Balaban J connectivity index is 2.25. The van der Waals surface area contributed by atoms with E-state index >= 15 is 0 Å². The fourth-order valence-electron chi connectivity index (χ4n) is 2.22. The van der Waals surface area contributed by atoms with Gasteiger partial charge in [0, 0.05) is 24.2 Å². The molecule has 0 unspecified atom stereocenters. The van der Waals surface area contributed by atoms with Crippen molar-refractivity contribution in [1.82, 2.24) is 14.4 Å². The number of imidazole rings is 1. The van der Waals surface area contributed by atoms with Gasteiger partial charge in [0.1, 0.15) is 5.75 Å². The van der Waals surface area contributed by atoms with E-state index < -0.39 is 5.97 Å². The first-order chi connectivity index (χ1) is 10.1. The van der Waals surface area contributed by atoms with Crippen molar-refractivity contribution in [3.8, 4) is 17.0 Å². The molecule has 0 bridgehead atoms. The summed E-state index contributed by atoms with van der Waals surface area (Å²) < 4.78 is 6.99. The molecule has 3 rings (SSSR count). The van der Waals surface area contributed by atoms with Gasteiger partial charge in [0.2, 0.25) is 0 Å². The van der Waals surface area contributed by atoms with Gasteiger partial charge in [-0.3, -0.25) is 0 Å². The predicted octanol–water partition coefficient (Wildman–Crippen LogP) is 2.41. The van der Waals surface area contributed by atoms with Crippen molar-refractivity contribution in [2.75, 3.05) is 7.11 Å². The number of hydrogen-bond acceptors (Lipinski definition) is 4. The van der Waals surface area contributed by atoms with Gasteiger partial charge < -0.3 is 14.2 Å². The second-order valence-corrected chi connectivity index (χ2v) is 4.64. The van der Waals surface area contributed by atoms with Crippen molar-refractivity contribution in [3.63, 3.8) is 0 Å². The minimum atomic E-state index is -1.10. The smallest absolute Gasteiger partial charge is 0.358 e. The lowest BCUT2D eigenvalue weighted by atomic mass is 10.1. The SMILES string of the molecule is COc1ccc(C)cc1-c1cn2ccnc(C(=O)O)c2n1. The second kappa shape index (κ2) is 4.90. The van der Waals surface area contributed by atoms with Crippen LogP contribution in [0.3, 0.4) is 0 Å². The molecule has 106 valence electrons. The van der Waals surface area contributed by atoms with Gasteiger partial charge in [-0.1, -0.05) is 11.6 Å². The van der Waals surface area contributed by atoms with Gasteiger partial charge in [-0.25, -0.2) is 14.8 Å². The maximum absolute atomic E-state index is 11.2. The van der Waals surface area contributed by atoms with E-state index in [2.05, 4.69) is 9.97 Å². The lowest BCUT2D eigenvalue weighted by molar-refractivity contribution is 0.0692. The zero-order valence-electron chi connectivity index (χ0n) is 11.6. The molecular formula is C15H13N3O3. The number of nitrogens with zero attached hydrogens (tertiary/aromatic N) is 3. The molecule has 0 saturated heterocycles. The highest BCUT2D eigenvalue weighted by Gasteiger charge is 2.16. The van der Waals surface area contributed by atoms with Crippen LogP contribution in [0.15, 0.2) is 36.8 Å². The Morgan fingerprint density at radius 1 is 1.38 bits per heavy atom. The van der Waals surface area contributed by atoms with Crippen LogP contribution in [0.25, 0.3) is 16.9 Å². The lowest BCUT2D eigenvalue weighted by Gasteiger charge is -2.06. The summed E-state index contributed by atoms with van der Waals surface area (Å²) in [5.41, 5.74) is 2.77. The third kappa shape index (κ3) is 2.20. The number of aryl methyl sites for hydroxylation is 1. The largest absolute Gasteiger partial charge is 0.496 e. The zero-order valence-corrected chi connectivity index (χ0v) is 11.6. The van der Waals surface area contributed by atoms with Crippen molar-refractivity contribution in [2.24, 2.45) is 0 Å². The molecule has 1 aromatic carbocycles. The van der Waals surface area contributed by atoms with E-state index in [4.69, 9.17) is 9.84 Å².